The highest BCUT2D eigenvalue weighted by Crippen LogP contribution is 2.33. The molecular weight excluding hydrogens is 271 g/mol. The number of carboxylic acids is 1. The molecule has 1 aliphatic rings. The maximum Gasteiger partial charge on any atom is 0.416 e. The molecule has 1 aliphatic heterocycles. The third-order valence-electron chi connectivity index (χ3n) is 3.60. The molecule has 1 heterocycles. The van der Waals surface area contributed by atoms with Crippen LogP contribution in [0.4, 0.5) is 13.2 Å². The van der Waals surface area contributed by atoms with E-state index in [0.29, 0.717) is 24.9 Å². The Kier molecular flexibility index (Phi) is 4.32. The summed E-state index contributed by atoms with van der Waals surface area (Å²) in [5, 5.41) is 11.9. The van der Waals surface area contributed by atoms with E-state index in [-0.39, 0.29) is 18.4 Å². The monoisotopic (exact) mass is 287 g/mol. The molecule has 1 aromatic carbocycles. The van der Waals surface area contributed by atoms with E-state index in [2.05, 4.69) is 5.32 Å². The van der Waals surface area contributed by atoms with Crippen LogP contribution >= 0.6 is 0 Å². The van der Waals surface area contributed by atoms with Crippen LogP contribution in [0.1, 0.15) is 36.4 Å². The number of nitrogens with one attached hydrogen (secondary N) is 1. The summed E-state index contributed by atoms with van der Waals surface area (Å²) in [6, 6.07) is 5.16. The zero-order chi connectivity index (χ0) is 14.8. The topological polar surface area (TPSA) is 49.3 Å². The lowest BCUT2D eigenvalue weighted by Gasteiger charge is -2.29. The summed E-state index contributed by atoms with van der Waals surface area (Å²) >= 11 is 0. The number of hydrogen-bond acceptors (Lipinski definition) is 2. The molecule has 3 nitrogen and oxygen atoms in total. The Morgan fingerprint density at radius 1 is 1.35 bits per heavy atom. The maximum atomic E-state index is 12.7. The van der Waals surface area contributed by atoms with Crippen molar-refractivity contribution < 1.29 is 23.1 Å². The number of benzene rings is 1. The van der Waals surface area contributed by atoms with E-state index in [1.54, 1.807) is 6.07 Å². The summed E-state index contributed by atoms with van der Waals surface area (Å²) < 4.78 is 38.0. The van der Waals surface area contributed by atoms with Gasteiger partial charge in [-0.3, -0.25) is 4.79 Å². The molecule has 0 saturated carbocycles. The van der Waals surface area contributed by atoms with Gasteiger partial charge in [-0.25, -0.2) is 0 Å². The number of carboxylic acid groups (broad SMARTS) is 1. The van der Waals surface area contributed by atoms with Crippen LogP contribution < -0.4 is 5.32 Å². The quantitative estimate of drug-likeness (QED) is 0.897. The Labute approximate surface area is 114 Å². The second-order valence-electron chi connectivity index (χ2n) is 5.13. The van der Waals surface area contributed by atoms with Crippen LogP contribution in [0, 0.1) is 5.92 Å². The zero-order valence-corrected chi connectivity index (χ0v) is 10.8. The molecule has 20 heavy (non-hydrogen) atoms. The summed E-state index contributed by atoms with van der Waals surface area (Å²) in [6.45, 7) is 0.521. The number of aliphatic carboxylic acids is 1. The van der Waals surface area contributed by atoms with Crippen LogP contribution in [0.3, 0.4) is 0 Å². The molecule has 110 valence electrons. The molecule has 1 fully saturated rings. The molecule has 0 spiro atoms. The Morgan fingerprint density at radius 2 is 2.10 bits per heavy atom. The Bertz CT molecular complexity index is 480. The van der Waals surface area contributed by atoms with Crippen molar-refractivity contribution in [3.8, 4) is 0 Å². The van der Waals surface area contributed by atoms with Crippen molar-refractivity contribution in [2.45, 2.75) is 31.5 Å². The van der Waals surface area contributed by atoms with Crippen molar-refractivity contribution in [2.75, 3.05) is 6.54 Å². The van der Waals surface area contributed by atoms with Crippen LogP contribution in [0.25, 0.3) is 0 Å². The molecule has 0 radical (unpaired) electrons. The third-order valence-corrected chi connectivity index (χ3v) is 3.60. The van der Waals surface area contributed by atoms with Crippen LogP contribution in [-0.2, 0) is 11.0 Å². The van der Waals surface area contributed by atoms with Crippen molar-refractivity contribution in [3.05, 3.63) is 35.4 Å². The predicted octanol–water partition coefficient (Wildman–Crippen LogP) is 3.22. The Balaban J connectivity index is 2.02. The van der Waals surface area contributed by atoms with Gasteiger partial charge in [0, 0.05) is 12.5 Å². The van der Waals surface area contributed by atoms with Gasteiger partial charge in [-0.15, -0.1) is 0 Å². The van der Waals surface area contributed by atoms with Gasteiger partial charge in [0.25, 0.3) is 0 Å². The summed E-state index contributed by atoms with van der Waals surface area (Å²) in [7, 11) is 0. The molecule has 6 heteroatoms. The number of carbonyl (C=O) groups is 1. The lowest BCUT2D eigenvalue weighted by Crippen LogP contribution is -2.34. The molecule has 1 saturated heterocycles. The van der Waals surface area contributed by atoms with Crippen LogP contribution in [0.5, 0.6) is 0 Å². The highest BCUT2D eigenvalue weighted by Gasteiger charge is 2.31. The molecule has 0 amide bonds. The second-order valence-corrected chi connectivity index (χ2v) is 5.13. The average molecular weight is 287 g/mol. The number of piperidine rings is 1. The number of halogens is 3. The normalized spacial score (nSPS) is 23.6. The van der Waals surface area contributed by atoms with Gasteiger partial charge in [-0.05, 0) is 43.0 Å². The molecule has 2 rings (SSSR count). The van der Waals surface area contributed by atoms with Crippen LogP contribution in [-0.4, -0.2) is 17.6 Å². The van der Waals surface area contributed by atoms with Gasteiger partial charge in [0.05, 0.1) is 5.56 Å². The van der Waals surface area contributed by atoms with E-state index in [9.17, 15) is 18.0 Å². The van der Waals surface area contributed by atoms with E-state index in [0.717, 1.165) is 12.1 Å². The van der Waals surface area contributed by atoms with E-state index in [1.807, 2.05) is 0 Å². The summed E-state index contributed by atoms with van der Waals surface area (Å²) in [4.78, 5) is 10.6. The average Bonchev–Trinajstić information content (AvgIpc) is 2.38. The number of alkyl halides is 3. The van der Waals surface area contributed by atoms with Crippen LogP contribution in [0.2, 0.25) is 0 Å². The van der Waals surface area contributed by atoms with Crippen LogP contribution in [0.15, 0.2) is 24.3 Å². The second kappa shape index (κ2) is 5.83. The van der Waals surface area contributed by atoms with Crippen molar-refractivity contribution in [1.82, 2.24) is 5.32 Å². The first-order chi connectivity index (χ1) is 9.36. The van der Waals surface area contributed by atoms with Gasteiger partial charge in [-0.2, -0.15) is 13.2 Å². The van der Waals surface area contributed by atoms with Crippen molar-refractivity contribution >= 4 is 5.97 Å². The van der Waals surface area contributed by atoms with Crippen molar-refractivity contribution in [1.29, 1.82) is 0 Å². The highest BCUT2D eigenvalue weighted by atomic mass is 19.4. The van der Waals surface area contributed by atoms with Crippen molar-refractivity contribution in [3.63, 3.8) is 0 Å². The summed E-state index contributed by atoms with van der Waals surface area (Å²) in [5.74, 6) is -0.788. The summed E-state index contributed by atoms with van der Waals surface area (Å²) in [6.07, 6.45) is -2.88. The van der Waals surface area contributed by atoms with Gasteiger partial charge in [0.1, 0.15) is 0 Å². The van der Waals surface area contributed by atoms with Gasteiger partial charge < -0.3 is 10.4 Å². The van der Waals surface area contributed by atoms with Gasteiger partial charge in [0.15, 0.2) is 0 Å². The van der Waals surface area contributed by atoms with E-state index in [4.69, 9.17) is 5.11 Å². The number of rotatable bonds is 3. The minimum Gasteiger partial charge on any atom is -0.481 e. The third kappa shape index (κ3) is 3.72. The molecule has 0 aromatic heterocycles. The Hall–Kier alpha value is -1.56. The SMILES string of the molecule is O=C(O)CC1CCC(c2cccc(C(F)(F)F)c2)NC1. The minimum absolute atomic E-state index is 0.0505. The molecule has 2 atom stereocenters. The first-order valence-corrected chi connectivity index (χ1v) is 6.48. The standard InChI is InChI=1S/C14H16F3NO2/c15-14(16,17)11-3-1-2-10(7-11)12-5-4-9(8-18-12)6-13(19)20/h1-3,7,9,12,18H,4-6,8H2,(H,19,20). The van der Waals surface area contributed by atoms with Gasteiger partial charge in [-0.1, -0.05) is 12.1 Å². The molecular formula is C14H16F3NO2. The van der Waals surface area contributed by atoms with Crippen molar-refractivity contribution in [2.24, 2.45) is 5.92 Å². The van der Waals surface area contributed by atoms with Gasteiger partial charge >= 0.3 is 12.1 Å². The highest BCUT2D eigenvalue weighted by molar-refractivity contribution is 5.67. The minimum atomic E-state index is -4.34. The van der Waals surface area contributed by atoms with E-state index < -0.39 is 17.7 Å². The van der Waals surface area contributed by atoms with E-state index in [1.165, 1.54) is 6.07 Å². The maximum absolute atomic E-state index is 12.7. The fraction of sp³-hybridized carbons (Fsp3) is 0.500. The molecule has 1 aromatic rings. The first-order valence-electron chi connectivity index (χ1n) is 6.48. The smallest absolute Gasteiger partial charge is 0.416 e. The predicted molar refractivity (Wildman–Crippen MR) is 67.2 cm³/mol. The molecule has 2 unspecified atom stereocenters. The lowest BCUT2D eigenvalue weighted by atomic mass is 9.89. The number of hydrogen-bond donors (Lipinski definition) is 2. The molecule has 0 aliphatic carbocycles. The zero-order valence-electron chi connectivity index (χ0n) is 10.8. The Morgan fingerprint density at radius 3 is 2.65 bits per heavy atom. The summed E-state index contributed by atoms with van der Waals surface area (Å²) in [5.41, 5.74) is -0.0435. The first kappa shape index (κ1) is 14.8. The van der Waals surface area contributed by atoms with Gasteiger partial charge in [0.2, 0.25) is 0 Å². The molecule has 2 N–H and O–H groups in total. The lowest BCUT2D eigenvalue weighted by molar-refractivity contribution is -0.139. The largest absolute Gasteiger partial charge is 0.481 e. The van der Waals surface area contributed by atoms with E-state index >= 15 is 0 Å². The molecule has 0 bridgehead atoms. The fourth-order valence-corrected chi connectivity index (χ4v) is 2.55. The fourth-order valence-electron chi connectivity index (χ4n) is 2.55.